The Balaban J connectivity index is 2.07. The first-order chi connectivity index (χ1) is 6.81. The maximum atomic E-state index is 13.7. The van der Waals surface area contributed by atoms with Crippen LogP contribution in [0.15, 0.2) is 24.3 Å². The maximum Gasteiger partial charge on any atom is 0.140 e. The molecule has 1 aromatic carbocycles. The van der Waals surface area contributed by atoms with Crippen molar-refractivity contribution in [3.63, 3.8) is 0 Å². The Bertz CT molecular complexity index is 295. The first kappa shape index (κ1) is 9.46. The Morgan fingerprint density at radius 3 is 2.50 bits per heavy atom. The molecule has 0 radical (unpaired) electrons. The van der Waals surface area contributed by atoms with E-state index in [1.165, 1.54) is 0 Å². The quantitative estimate of drug-likeness (QED) is 0.797. The van der Waals surface area contributed by atoms with E-state index in [4.69, 9.17) is 4.74 Å². The Hall–Kier alpha value is -1.09. The Kier molecular flexibility index (Phi) is 2.68. The zero-order valence-electron chi connectivity index (χ0n) is 8.16. The molecule has 76 valence electrons. The van der Waals surface area contributed by atoms with Crippen LogP contribution in [0.5, 0.6) is 5.75 Å². The fraction of sp³-hybridized carbons (Fsp3) is 0.455. The van der Waals surface area contributed by atoms with Crippen molar-refractivity contribution in [3.05, 3.63) is 29.8 Å². The molecule has 2 rings (SSSR count). The lowest BCUT2D eigenvalue weighted by Crippen LogP contribution is -2.45. The van der Waals surface area contributed by atoms with Crippen LogP contribution in [0.25, 0.3) is 0 Å². The van der Waals surface area contributed by atoms with E-state index in [2.05, 4.69) is 5.32 Å². The van der Waals surface area contributed by atoms with Crippen LogP contribution < -0.4 is 10.1 Å². The van der Waals surface area contributed by atoms with Gasteiger partial charge >= 0.3 is 0 Å². The number of hydrogen-bond acceptors (Lipinski definition) is 2. The van der Waals surface area contributed by atoms with Crippen LogP contribution in [-0.2, 0) is 0 Å². The molecule has 1 saturated heterocycles. The molecule has 2 nitrogen and oxygen atoms in total. The zero-order chi connectivity index (χ0) is 9.97. The minimum absolute atomic E-state index is 0.00314. The highest BCUT2D eigenvalue weighted by Crippen LogP contribution is 2.27. The summed E-state index contributed by atoms with van der Waals surface area (Å²) in [6.45, 7) is 0.932. The first-order valence-corrected chi connectivity index (χ1v) is 4.82. The van der Waals surface area contributed by atoms with Gasteiger partial charge in [0.15, 0.2) is 0 Å². The molecule has 1 aliphatic heterocycles. The van der Waals surface area contributed by atoms with Gasteiger partial charge in [0.25, 0.3) is 0 Å². The Morgan fingerprint density at radius 1 is 1.43 bits per heavy atom. The fourth-order valence-corrected chi connectivity index (χ4v) is 1.58. The highest BCUT2D eigenvalue weighted by atomic mass is 19.1. The number of benzene rings is 1. The topological polar surface area (TPSA) is 21.3 Å². The second-order valence-corrected chi connectivity index (χ2v) is 3.52. The average molecular weight is 195 g/mol. The van der Waals surface area contributed by atoms with E-state index in [0.29, 0.717) is 0 Å². The maximum absolute atomic E-state index is 13.7. The average Bonchev–Trinajstić information content (AvgIpc) is 2.15. The van der Waals surface area contributed by atoms with Gasteiger partial charge in [0, 0.05) is 6.04 Å². The lowest BCUT2D eigenvalue weighted by molar-refractivity contribution is 0.194. The third-order valence-corrected chi connectivity index (χ3v) is 2.65. The van der Waals surface area contributed by atoms with Crippen LogP contribution in [0, 0.1) is 0 Å². The lowest BCUT2D eigenvalue weighted by Gasteiger charge is -2.30. The van der Waals surface area contributed by atoms with Gasteiger partial charge in [0.1, 0.15) is 11.9 Å². The zero-order valence-corrected chi connectivity index (χ0v) is 8.16. The van der Waals surface area contributed by atoms with E-state index in [9.17, 15) is 4.39 Å². The summed E-state index contributed by atoms with van der Waals surface area (Å²) >= 11 is 0. The summed E-state index contributed by atoms with van der Waals surface area (Å²) in [4.78, 5) is 0. The van der Waals surface area contributed by atoms with Gasteiger partial charge in [-0.25, -0.2) is 4.39 Å². The third-order valence-electron chi connectivity index (χ3n) is 2.65. The number of halogens is 1. The minimum atomic E-state index is -0.894. The second-order valence-electron chi connectivity index (χ2n) is 3.52. The SMILES string of the molecule is COc1ccc(C(F)C2CCN2)cc1. The van der Waals surface area contributed by atoms with E-state index in [1.807, 2.05) is 0 Å². The summed E-state index contributed by atoms with van der Waals surface area (Å²) in [5.74, 6) is 0.766. The first-order valence-electron chi connectivity index (χ1n) is 4.82. The molecule has 0 aromatic heterocycles. The van der Waals surface area contributed by atoms with Crippen molar-refractivity contribution < 1.29 is 9.13 Å². The van der Waals surface area contributed by atoms with Gasteiger partial charge in [-0.05, 0) is 30.7 Å². The number of methoxy groups -OCH3 is 1. The lowest BCUT2D eigenvalue weighted by atomic mass is 9.96. The molecular weight excluding hydrogens is 181 g/mol. The number of hydrogen-bond donors (Lipinski definition) is 1. The highest BCUT2D eigenvalue weighted by Gasteiger charge is 2.27. The van der Waals surface area contributed by atoms with Crippen LogP contribution in [0.3, 0.4) is 0 Å². The van der Waals surface area contributed by atoms with Crippen LogP contribution in [-0.4, -0.2) is 19.7 Å². The number of nitrogens with one attached hydrogen (secondary N) is 1. The molecule has 0 aliphatic carbocycles. The van der Waals surface area contributed by atoms with Crippen LogP contribution in [0.2, 0.25) is 0 Å². The Morgan fingerprint density at radius 2 is 2.07 bits per heavy atom. The fourth-order valence-electron chi connectivity index (χ4n) is 1.58. The summed E-state index contributed by atoms with van der Waals surface area (Å²) < 4.78 is 18.7. The molecule has 1 aromatic rings. The molecule has 0 bridgehead atoms. The molecule has 1 aliphatic rings. The van der Waals surface area contributed by atoms with Crippen molar-refractivity contribution in [2.45, 2.75) is 18.6 Å². The number of alkyl halides is 1. The van der Waals surface area contributed by atoms with Gasteiger partial charge in [0.05, 0.1) is 7.11 Å². The number of rotatable bonds is 3. The largest absolute Gasteiger partial charge is 0.497 e. The molecule has 0 saturated carbocycles. The summed E-state index contributed by atoms with van der Waals surface area (Å²) in [6, 6.07) is 7.15. The normalized spacial score (nSPS) is 22.6. The van der Waals surface area contributed by atoms with Crippen molar-refractivity contribution >= 4 is 0 Å². The van der Waals surface area contributed by atoms with Crippen LogP contribution in [0.4, 0.5) is 4.39 Å². The summed E-state index contributed by atoms with van der Waals surface area (Å²) in [5.41, 5.74) is 0.725. The third kappa shape index (κ3) is 1.73. The van der Waals surface area contributed by atoms with E-state index in [1.54, 1.807) is 31.4 Å². The summed E-state index contributed by atoms with van der Waals surface area (Å²) in [6.07, 6.45) is 0.0300. The number of ether oxygens (including phenoxy) is 1. The van der Waals surface area contributed by atoms with Crippen LogP contribution in [0.1, 0.15) is 18.2 Å². The molecular formula is C11H14FNO. The molecule has 2 atom stereocenters. The molecule has 14 heavy (non-hydrogen) atoms. The van der Waals surface area contributed by atoms with E-state index >= 15 is 0 Å². The van der Waals surface area contributed by atoms with Crippen molar-refractivity contribution in [1.29, 1.82) is 0 Å². The van der Waals surface area contributed by atoms with Crippen LogP contribution >= 0.6 is 0 Å². The minimum Gasteiger partial charge on any atom is -0.497 e. The summed E-state index contributed by atoms with van der Waals surface area (Å²) in [5, 5.41) is 3.07. The molecule has 1 heterocycles. The van der Waals surface area contributed by atoms with Crippen molar-refractivity contribution in [1.82, 2.24) is 5.32 Å². The summed E-state index contributed by atoms with van der Waals surface area (Å²) in [7, 11) is 1.61. The van der Waals surface area contributed by atoms with Gasteiger partial charge in [-0.3, -0.25) is 0 Å². The predicted molar refractivity (Wildman–Crippen MR) is 53.3 cm³/mol. The van der Waals surface area contributed by atoms with Crippen molar-refractivity contribution in [3.8, 4) is 5.75 Å². The van der Waals surface area contributed by atoms with E-state index in [-0.39, 0.29) is 6.04 Å². The van der Waals surface area contributed by atoms with Gasteiger partial charge < -0.3 is 10.1 Å². The van der Waals surface area contributed by atoms with Gasteiger partial charge in [-0.15, -0.1) is 0 Å². The molecule has 0 amide bonds. The van der Waals surface area contributed by atoms with Crippen molar-refractivity contribution in [2.24, 2.45) is 0 Å². The molecule has 2 unspecified atom stereocenters. The van der Waals surface area contributed by atoms with Gasteiger partial charge in [-0.1, -0.05) is 12.1 Å². The molecule has 3 heteroatoms. The monoisotopic (exact) mass is 195 g/mol. The van der Waals surface area contributed by atoms with Gasteiger partial charge in [0.2, 0.25) is 0 Å². The molecule has 0 spiro atoms. The predicted octanol–water partition coefficient (Wildman–Crippen LogP) is 2.07. The second kappa shape index (κ2) is 3.96. The Labute approximate surface area is 83.1 Å². The highest BCUT2D eigenvalue weighted by molar-refractivity contribution is 5.29. The standard InChI is InChI=1S/C11H14FNO/c1-14-9-4-2-8(3-5-9)11(12)10-6-7-13-10/h2-5,10-11,13H,6-7H2,1H3. The van der Waals surface area contributed by atoms with E-state index in [0.717, 1.165) is 24.3 Å². The smallest absolute Gasteiger partial charge is 0.140 e. The van der Waals surface area contributed by atoms with Crippen molar-refractivity contribution in [2.75, 3.05) is 13.7 Å². The molecule has 1 N–H and O–H groups in total. The van der Waals surface area contributed by atoms with E-state index < -0.39 is 6.17 Å². The van der Waals surface area contributed by atoms with Gasteiger partial charge in [-0.2, -0.15) is 0 Å². The molecule has 1 fully saturated rings.